The monoisotopic (exact) mass is 420 g/mol. The number of rotatable bonds is 5. The maximum atomic E-state index is 12.8. The lowest BCUT2D eigenvalue weighted by Gasteiger charge is -2.15. The van der Waals surface area contributed by atoms with Gasteiger partial charge in [-0.25, -0.2) is 4.79 Å². The molecule has 0 aliphatic heterocycles. The van der Waals surface area contributed by atoms with Crippen LogP contribution in [-0.2, 0) is 0 Å². The Kier molecular flexibility index (Phi) is 5.59. The molecule has 0 aliphatic rings. The normalized spacial score (nSPS) is 11.0. The molecule has 0 saturated heterocycles. The van der Waals surface area contributed by atoms with Crippen LogP contribution in [0, 0.1) is 0 Å². The summed E-state index contributed by atoms with van der Waals surface area (Å²) in [5.41, 5.74) is 0.976. The highest BCUT2D eigenvalue weighted by Crippen LogP contribution is 2.44. The number of aromatic carboxylic acids is 1. The number of carbonyl (C=O) groups is 2. The van der Waals surface area contributed by atoms with Gasteiger partial charge in [0.1, 0.15) is 10.6 Å². The maximum absolute atomic E-state index is 12.8. The van der Waals surface area contributed by atoms with Gasteiger partial charge in [0.05, 0.1) is 9.75 Å². The Bertz CT molecular complexity index is 1020. The lowest BCUT2D eigenvalue weighted by molar-refractivity contribution is 0.0702. The van der Waals surface area contributed by atoms with Crippen molar-refractivity contribution in [3.8, 4) is 16.2 Å². The number of aromatic hydroxyl groups is 1. The van der Waals surface area contributed by atoms with Crippen molar-refractivity contribution >= 4 is 58.1 Å². The summed E-state index contributed by atoms with van der Waals surface area (Å²) in [5.74, 6) is -1.72. The molecule has 0 aliphatic carbocycles. The number of carboxylic acid groups (broad SMARTS) is 1. The van der Waals surface area contributed by atoms with Crippen LogP contribution in [0.15, 0.2) is 46.9 Å². The molecule has 1 amide bonds. The van der Waals surface area contributed by atoms with Gasteiger partial charge in [-0.2, -0.15) is 10.1 Å². The minimum Gasteiger partial charge on any atom is -0.504 e. The van der Waals surface area contributed by atoms with Crippen LogP contribution in [-0.4, -0.2) is 28.3 Å². The molecule has 27 heavy (non-hydrogen) atoms. The second-order valence-electron chi connectivity index (χ2n) is 5.27. The largest absolute Gasteiger partial charge is 0.504 e. The van der Waals surface area contributed by atoms with Crippen LogP contribution in [0.2, 0.25) is 5.02 Å². The molecule has 2 N–H and O–H groups in total. The fourth-order valence-corrected chi connectivity index (χ4v) is 4.14. The van der Waals surface area contributed by atoms with E-state index in [0.717, 1.165) is 21.9 Å². The smallest absolute Gasteiger partial charge is 0.345 e. The van der Waals surface area contributed by atoms with E-state index in [-0.39, 0.29) is 21.2 Å². The molecule has 2 heterocycles. The van der Waals surface area contributed by atoms with Gasteiger partial charge in [0.25, 0.3) is 5.91 Å². The molecule has 0 fully saturated rings. The molecule has 6 nitrogen and oxygen atoms in total. The van der Waals surface area contributed by atoms with Gasteiger partial charge in [0, 0.05) is 16.6 Å². The number of hydrogen-bond acceptors (Lipinski definition) is 6. The zero-order valence-corrected chi connectivity index (χ0v) is 16.3. The van der Waals surface area contributed by atoms with Crippen molar-refractivity contribution in [3.05, 3.63) is 56.6 Å². The lowest BCUT2D eigenvalue weighted by Crippen LogP contribution is -2.24. The first-order valence-corrected chi connectivity index (χ1v) is 9.72. The number of carboxylic acids is 1. The average molecular weight is 421 g/mol. The number of hydrogen-bond donors (Lipinski definition) is 2. The van der Waals surface area contributed by atoms with E-state index < -0.39 is 11.9 Å². The predicted molar refractivity (Wildman–Crippen MR) is 109 cm³/mol. The predicted octanol–water partition coefficient (Wildman–Crippen LogP) is 5.19. The Morgan fingerprint density at radius 2 is 1.81 bits per heavy atom. The van der Waals surface area contributed by atoms with Crippen LogP contribution in [0.4, 0.5) is 5.69 Å². The van der Waals surface area contributed by atoms with Crippen LogP contribution in [0.25, 0.3) is 10.4 Å². The third-order valence-electron chi connectivity index (χ3n) is 3.53. The summed E-state index contributed by atoms with van der Waals surface area (Å²) in [5, 5.41) is 27.0. The van der Waals surface area contributed by atoms with Crippen molar-refractivity contribution < 1.29 is 19.8 Å². The Morgan fingerprint density at radius 3 is 2.41 bits per heavy atom. The van der Waals surface area contributed by atoms with Gasteiger partial charge in [0.15, 0.2) is 5.75 Å². The molecule has 1 aromatic carbocycles. The van der Waals surface area contributed by atoms with Gasteiger partial charge in [-0.1, -0.05) is 23.7 Å². The minimum absolute atomic E-state index is 0.0511. The fraction of sp³-hybridized carbons (Fsp3) is 0.0556. The number of hydrazone groups is 1. The first kappa shape index (κ1) is 19.1. The Hall–Kier alpha value is -2.68. The number of thiophene rings is 2. The lowest BCUT2D eigenvalue weighted by atomic mass is 10.2. The molecule has 0 unspecified atom stereocenters. The van der Waals surface area contributed by atoms with E-state index in [1.54, 1.807) is 36.6 Å². The molecule has 2 aromatic heterocycles. The number of amides is 1. The van der Waals surface area contributed by atoms with E-state index in [1.165, 1.54) is 29.7 Å². The summed E-state index contributed by atoms with van der Waals surface area (Å²) >= 11 is 8.01. The van der Waals surface area contributed by atoms with E-state index >= 15 is 0 Å². The van der Waals surface area contributed by atoms with Crippen molar-refractivity contribution in [2.24, 2.45) is 5.10 Å². The molecule has 0 spiro atoms. The number of anilines is 1. The highest BCUT2D eigenvalue weighted by Gasteiger charge is 2.25. The van der Waals surface area contributed by atoms with E-state index in [0.29, 0.717) is 9.90 Å². The van der Waals surface area contributed by atoms with E-state index in [4.69, 9.17) is 16.7 Å². The molecule has 0 atom stereocenters. The summed E-state index contributed by atoms with van der Waals surface area (Å²) in [6.45, 7) is 1.64. The number of benzene rings is 1. The first-order valence-electron chi connectivity index (χ1n) is 7.65. The zero-order chi connectivity index (χ0) is 19.6. The Balaban J connectivity index is 1.99. The second-order valence-corrected chi connectivity index (χ2v) is 7.67. The second kappa shape index (κ2) is 7.91. The standard InChI is InChI=1S/C18H13ClN2O4S2/c1-2-20-21(17(23)13-7-8-14(27-13)18(24)25)12-9-26-16(15(12)22)10-3-5-11(19)6-4-10/h2-9,22H,1H3,(H,24,25). The maximum Gasteiger partial charge on any atom is 0.345 e. The van der Waals surface area contributed by atoms with Crippen LogP contribution >= 0.6 is 34.3 Å². The molecule has 0 saturated carbocycles. The molecule has 3 aromatic rings. The van der Waals surface area contributed by atoms with Gasteiger partial charge in [-0.05, 0) is 36.8 Å². The summed E-state index contributed by atoms with van der Waals surface area (Å²) in [6, 6.07) is 9.75. The quantitative estimate of drug-likeness (QED) is 0.439. The molecule has 3 rings (SSSR count). The third-order valence-corrected chi connectivity index (χ3v) is 5.85. The SMILES string of the molecule is CC=NN(C(=O)c1ccc(C(=O)O)s1)c1csc(-c2ccc(Cl)cc2)c1O. The summed E-state index contributed by atoms with van der Waals surface area (Å²) < 4.78 is 0. The van der Waals surface area contributed by atoms with Crippen molar-refractivity contribution in [3.63, 3.8) is 0 Å². The van der Waals surface area contributed by atoms with E-state index in [1.807, 2.05) is 0 Å². The fourth-order valence-electron chi connectivity index (χ4n) is 2.31. The van der Waals surface area contributed by atoms with Crippen molar-refractivity contribution in [2.45, 2.75) is 6.92 Å². The number of nitrogens with zero attached hydrogens (tertiary/aromatic N) is 2. The molecule has 0 radical (unpaired) electrons. The van der Waals surface area contributed by atoms with Crippen LogP contribution in [0.5, 0.6) is 5.75 Å². The summed E-state index contributed by atoms with van der Waals surface area (Å²) in [4.78, 5) is 24.7. The highest BCUT2D eigenvalue weighted by molar-refractivity contribution is 7.16. The summed E-state index contributed by atoms with van der Waals surface area (Å²) in [7, 11) is 0. The van der Waals surface area contributed by atoms with Gasteiger partial charge >= 0.3 is 5.97 Å². The summed E-state index contributed by atoms with van der Waals surface area (Å²) in [6.07, 6.45) is 1.42. The highest BCUT2D eigenvalue weighted by atomic mass is 35.5. The Labute approximate surface area is 167 Å². The van der Waals surface area contributed by atoms with Gasteiger partial charge in [-0.3, -0.25) is 4.79 Å². The molecule has 138 valence electrons. The van der Waals surface area contributed by atoms with Crippen molar-refractivity contribution in [2.75, 3.05) is 5.01 Å². The number of carbonyl (C=O) groups excluding carboxylic acids is 1. The van der Waals surface area contributed by atoms with Gasteiger partial charge in [-0.15, -0.1) is 22.7 Å². The van der Waals surface area contributed by atoms with E-state index in [9.17, 15) is 14.7 Å². The van der Waals surface area contributed by atoms with E-state index in [2.05, 4.69) is 5.10 Å². The molecular weight excluding hydrogens is 408 g/mol. The third kappa shape index (κ3) is 3.87. The Morgan fingerprint density at radius 1 is 1.15 bits per heavy atom. The zero-order valence-electron chi connectivity index (χ0n) is 13.9. The van der Waals surface area contributed by atoms with Crippen LogP contribution in [0.3, 0.4) is 0 Å². The number of halogens is 1. The van der Waals surface area contributed by atoms with Crippen LogP contribution < -0.4 is 5.01 Å². The van der Waals surface area contributed by atoms with Gasteiger partial charge in [0.2, 0.25) is 0 Å². The van der Waals surface area contributed by atoms with Crippen LogP contribution in [0.1, 0.15) is 26.3 Å². The first-order chi connectivity index (χ1) is 12.9. The average Bonchev–Trinajstić information content (AvgIpc) is 3.27. The molecule has 9 heteroatoms. The molecular formula is C18H13ClN2O4S2. The van der Waals surface area contributed by atoms with Crippen molar-refractivity contribution in [1.29, 1.82) is 0 Å². The minimum atomic E-state index is -1.10. The van der Waals surface area contributed by atoms with Crippen molar-refractivity contribution in [1.82, 2.24) is 0 Å². The van der Waals surface area contributed by atoms with Gasteiger partial charge < -0.3 is 10.2 Å². The topological polar surface area (TPSA) is 90.2 Å². The molecule has 0 bridgehead atoms.